The van der Waals surface area contributed by atoms with E-state index in [9.17, 15) is 4.79 Å². The standard InChI is InChI=1S/C13H18O2/c1-5-6-11-8-13(15-4)9(2)7-12(11)10(3)14/h7-8H,5-6H2,1-4H3. The molecule has 0 amide bonds. The van der Waals surface area contributed by atoms with Crippen LogP contribution >= 0.6 is 0 Å². The highest BCUT2D eigenvalue weighted by Gasteiger charge is 2.10. The third kappa shape index (κ3) is 2.58. The summed E-state index contributed by atoms with van der Waals surface area (Å²) in [6, 6.07) is 3.90. The van der Waals surface area contributed by atoms with Crippen molar-refractivity contribution < 1.29 is 9.53 Å². The molecule has 82 valence electrons. The number of carbonyl (C=O) groups is 1. The fourth-order valence-electron chi connectivity index (χ4n) is 1.75. The first-order valence-corrected chi connectivity index (χ1v) is 5.28. The van der Waals surface area contributed by atoms with Gasteiger partial charge in [0, 0.05) is 5.56 Å². The van der Waals surface area contributed by atoms with Gasteiger partial charge in [-0.3, -0.25) is 4.79 Å². The highest BCUT2D eigenvalue weighted by molar-refractivity contribution is 5.96. The van der Waals surface area contributed by atoms with Crippen LogP contribution in [0.5, 0.6) is 5.75 Å². The van der Waals surface area contributed by atoms with E-state index in [4.69, 9.17) is 4.74 Å². The summed E-state index contributed by atoms with van der Waals surface area (Å²) in [5.74, 6) is 0.993. The van der Waals surface area contributed by atoms with Gasteiger partial charge >= 0.3 is 0 Å². The number of rotatable bonds is 4. The van der Waals surface area contributed by atoms with Gasteiger partial charge in [0.2, 0.25) is 0 Å². The van der Waals surface area contributed by atoms with Crippen LogP contribution in [-0.4, -0.2) is 12.9 Å². The summed E-state index contributed by atoms with van der Waals surface area (Å²) in [7, 11) is 1.66. The minimum atomic E-state index is 0.129. The van der Waals surface area contributed by atoms with Gasteiger partial charge in [0.05, 0.1) is 7.11 Å². The molecular formula is C13H18O2. The predicted molar refractivity (Wildman–Crippen MR) is 61.7 cm³/mol. The van der Waals surface area contributed by atoms with Crippen LogP contribution in [-0.2, 0) is 6.42 Å². The fourth-order valence-corrected chi connectivity index (χ4v) is 1.75. The summed E-state index contributed by atoms with van der Waals surface area (Å²) in [4.78, 5) is 11.5. The number of ether oxygens (including phenoxy) is 1. The molecule has 0 heterocycles. The molecule has 0 N–H and O–H groups in total. The van der Waals surface area contributed by atoms with Gasteiger partial charge < -0.3 is 4.74 Å². The summed E-state index contributed by atoms with van der Waals surface area (Å²) in [6.45, 7) is 5.68. The minimum absolute atomic E-state index is 0.129. The molecule has 0 saturated heterocycles. The summed E-state index contributed by atoms with van der Waals surface area (Å²) in [6.07, 6.45) is 1.96. The number of aryl methyl sites for hydroxylation is 2. The molecule has 15 heavy (non-hydrogen) atoms. The Hall–Kier alpha value is -1.31. The van der Waals surface area contributed by atoms with Gasteiger partial charge in [0.25, 0.3) is 0 Å². The zero-order valence-electron chi connectivity index (χ0n) is 9.89. The maximum atomic E-state index is 11.5. The van der Waals surface area contributed by atoms with E-state index >= 15 is 0 Å². The Morgan fingerprint density at radius 1 is 1.40 bits per heavy atom. The summed E-state index contributed by atoms with van der Waals surface area (Å²) < 4.78 is 5.26. The van der Waals surface area contributed by atoms with Crippen molar-refractivity contribution in [2.24, 2.45) is 0 Å². The Balaban J connectivity index is 3.25. The highest BCUT2D eigenvalue weighted by atomic mass is 16.5. The number of hydrogen-bond donors (Lipinski definition) is 0. The number of carbonyl (C=O) groups excluding carboxylic acids is 1. The normalized spacial score (nSPS) is 10.1. The minimum Gasteiger partial charge on any atom is -0.496 e. The molecule has 0 saturated carbocycles. The molecule has 2 heteroatoms. The first-order valence-electron chi connectivity index (χ1n) is 5.28. The third-order valence-electron chi connectivity index (χ3n) is 2.52. The SMILES string of the molecule is CCCc1cc(OC)c(C)cc1C(C)=O. The molecule has 2 nitrogen and oxygen atoms in total. The smallest absolute Gasteiger partial charge is 0.160 e. The molecule has 0 aromatic heterocycles. The average molecular weight is 206 g/mol. The van der Waals surface area contributed by atoms with E-state index in [0.29, 0.717) is 0 Å². The van der Waals surface area contributed by atoms with Crippen LogP contribution in [0.2, 0.25) is 0 Å². The average Bonchev–Trinajstić information content (AvgIpc) is 2.20. The molecule has 0 aliphatic rings. The van der Waals surface area contributed by atoms with Crippen molar-refractivity contribution in [1.29, 1.82) is 0 Å². The van der Waals surface area contributed by atoms with Crippen molar-refractivity contribution >= 4 is 5.78 Å². The lowest BCUT2D eigenvalue weighted by atomic mass is 9.97. The van der Waals surface area contributed by atoms with Crippen LogP contribution in [0.25, 0.3) is 0 Å². The van der Waals surface area contributed by atoms with Crippen molar-refractivity contribution in [3.63, 3.8) is 0 Å². The van der Waals surface area contributed by atoms with Crippen LogP contribution in [0.1, 0.15) is 41.8 Å². The number of hydrogen-bond acceptors (Lipinski definition) is 2. The van der Waals surface area contributed by atoms with Gasteiger partial charge in [-0.2, -0.15) is 0 Å². The number of methoxy groups -OCH3 is 1. The van der Waals surface area contributed by atoms with Gasteiger partial charge in [-0.15, -0.1) is 0 Å². The summed E-state index contributed by atoms with van der Waals surface area (Å²) in [5.41, 5.74) is 2.94. The first-order chi connectivity index (χ1) is 7.10. The Morgan fingerprint density at radius 3 is 2.53 bits per heavy atom. The lowest BCUT2D eigenvalue weighted by Gasteiger charge is -2.11. The van der Waals surface area contributed by atoms with Crippen molar-refractivity contribution in [3.05, 3.63) is 28.8 Å². The lowest BCUT2D eigenvalue weighted by Crippen LogP contribution is -2.02. The monoisotopic (exact) mass is 206 g/mol. The molecule has 0 fully saturated rings. The van der Waals surface area contributed by atoms with E-state index in [2.05, 4.69) is 6.92 Å². The van der Waals surface area contributed by atoms with Gasteiger partial charge in [0.1, 0.15) is 5.75 Å². The second-order valence-electron chi connectivity index (χ2n) is 3.79. The Kier molecular flexibility index (Phi) is 3.89. The molecule has 0 unspecified atom stereocenters. The van der Waals surface area contributed by atoms with E-state index in [0.717, 1.165) is 35.3 Å². The van der Waals surface area contributed by atoms with E-state index in [-0.39, 0.29) is 5.78 Å². The molecule has 0 atom stereocenters. The Morgan fingerprint density at radius 2 is 2.07 bits per heavy atom. The molecule has 1 aromatic rings. The molecule has 0 bridgehead atoms. The first kappa shape index (κ1) is 11.8. The molecule has 0 aliphatic heterocycles. The molecule has 1 rings (SSSR count). The van der Waals surface area contributed by atoms with Gasteiger partial charge in [-0.05, 0) is 43.5 Å². The van der Waals surface area contributed by atoms with Crippen LogP contribution in [0, 0.1) is 6.92 Å². The van der Waals surface area contributed by atoms with Crippen molar-refractivity contribution in [2.45, 2.75) is 33.6 Å². The zero-order valence-corrected chi connectivity index (χ0v) is 9.89. The van der Waals surface area contributed by atoms with Gasteiger partial charge in [0.15, 0.2) is 5.78 Å². The number of ketones is 1. The van der Waals surface area contributed by atoms with Gasteiger partial charge in [-0.1, -0.05) is 13.3 Å². The Labute approximate surface area is 91.3 Å². The molecule has 0 aliphatic carbocycles. The van der Waals surface area contributed by atoms with Crippen molar-refractivity contribution in [3.8, 4) is 5.75 Å². The van der Waals surface area contributed by atoms with Crippen molar-refractivity contribution in [1.82, 2.24) is 0 Å². The quantitative estimate of drug-likeness (QED) is 0.707. The van der Waals surface area contributed by atoms with E-state index in [1.165, 1.54) is 0 Å². The van der Waals surface area contributed by atoms with Crippen LogP contribution in [0.3, 0.4) is 0 Å². The zero-order chi connectivity index (χ0) is 11.4. The molecule has 0 radical (unpaired) electrons. The Bertz CT molecular complexity index is 367. The van der Waals surface area contributed by atoms with Crippen LogP contribution < -0.4 is 4.74 Å². The second-order valence-corrected chi connectivity index (χ2v) is 3.79. The van der Waals surface area contributed by atoms with E-state index in [1.807, 2.05) is 19.1 Å². The number of benzene rings is 1. The topological polar surface area (TPSA) is 26.3 Å². The van der Waals surface area contributed by atoms with Crippen LogP contribution in [0.15, 0.2) is 12.1 Å². The second kappa shape index (κ2) is 4.96. The predicted octanol–water partition coefficient (Wildman–Crippen LogP) is 3.16. The maximum absolute atomic E-state index is 11.5. The van der Waals surface area contributed by atoms with Gasteiger partial charge in [-0.25, -0.2) is 0 Å². The van der Waals surface area contributed by atoms with Crippen molar-refractivity contribution in [2.75, 3.05) is 7.11 Å². The molecule has 1 aromatic carbocycles. The summed E-state index contributed by atoms with van der Waals surface area (Å²) >= 11 is 0. The lowest BCUT2D eigenvalue weighted by molar-refractivity contribution is 0.101. The third-order valence-corrected chi connectivity index (χ3v) is 2.52. The maximum Gasteiger partial charge on any atom is 0.160 e. The fraction of sp³-hybridized carbons (Fsp3) is 0.462. The van der Waals surface area contributed by atoms with E-state index < -0.39 is 0 Å². The van der Waals surface area contributed by atoms with Crippen LogP contribution in [0.4, 0.5) is 0 Å². The largest absolute Gasteiger partial charge is 0.496 e. The molecule has 0 spiro atoms. The summed E-state index contributed by atoms with van der Waals surface area (Å²) in [5, 5.41) is 0. The van der Waals surface area contributed by atoms with E-state index in [1.54, 1.807) is 14.0 Å². The molecular weight excluding hydrogens is 188 g/mol. The number of Topliss-reactive ketones (excluding diaryl/α,β-unsaturated/α-hetero) is 1. The highest BCUT2D eigenvalue weighted by Crippen LogP contribution is 2.24.